The molecule has 156 valence electrons. The number of benzene rings is 4. The smallest absolute Gasteiger partial charge is 0.201 e. The number of rotatable bonds is 6. The SMILES string of the molecule is O=C(c1c(O)ccc2ccccc12)c1c(OCCN2CCCC2)ccc2ccccc12. The second-order valence-electron chi connectivity index (χ2n) is 8.07. The zero-order chi connectivity index (χ0) is 21.2. The molecule has 0 aromatic heterocycles. The van der Waals surface area contributed by atoms with E-state index in [1.165, 1.54) is 12.8 Å². The fourth-order valence-electron chi connectivity index (χ4n) is 4.52. The second kappa shape index (κ2) is 8.40. The summed E-state index contributed by atoms with van der Waals surface area (Å²) in [7, 11) is 0. The van der Waals surface area contributed by atoms with Gasteiger partial charge in [0, 0.05) is 6.54 Å². The summed E-state index contributed by atoms with van der Waals surface area (Å²) in [5.41, 5.74) is 0.824. The summed E-state index contributed by atoms with van der Waals surface area (Å²) in [5, 5.41) is 14.1. The predicted molar refractivity (Wildman–Crippen MR) is 124 cm³/mol. The number of nitrogens with zero attached hydrogens (tertiary/aromatic N) is 1. The first-order valence-corrected chi connectivity index (χ1v) is 10.8. The lowest BCUT2D eigenvalue weighted by Gasteiger charge is -2.18. The van der Waals surface area contributed by atoms with Crippen LogP contribution in [0.5, 0.6) is 11.5 Å². The van der Waals surface area contributed by atoms with Gasteiger partial charge in [0.2, 0.25) is 5.78 Å². The highest BCUT2D eigenvalue weighted by atomic mass is 16.5. The van der Waals surface area contributed by atoms with Gasteiger partial charge in [0.1, 0.15) is 18.1 Å². The molecule has 1 saturated heterocycles. The minimum Gasteiger partial charge on any atom is -0.507 e. The molecule has 0 atom stereocenters. The number of hydrogen-bond donors (Lipinski definition) is 1. The third kappa shape index (κ3) is 3.75. The summed E-state index contributed by atoms with van der Waals surface area (Å²) >= 11 is 0. The maximum absolute atomic E-state index is 13.9. The molecule has 0 radical (unpaired) electrons. The zero-order valence-corrected chi connectivity index (χ0v) is 17.4. The fourth-order valence-corrected chi connectivity index (χ4v) is 4.52. The Morgan fingerprint density at radius 2 is 1.42 bits per heavy atom. The van der Waals surface area contributed by atoms with Crippen LogP contribution in [0.2, 0.25) is 0 Å². The predicted octanol–water partition coefficient (Wildman–Crippen LogP) is 5.40. The lowest BCUT2D eigenvalue weighted by atomic mass is 9.92. The van der Waals surface area contributed by atoms with E-state index < -0.39 is 0 Å². The van der Waals surface area contributed by atoms with Crippen LogP contribution in [0.1, 0.15) is 28.8 Å². The number of aromatic hydroxyl groups is 1. The molecule has 0 unspecified atom stereocenters. The van der Waals surface area contributed by atoms with Crippen molar-refractivity contribution in [1.82, 2.24) is 4.90 Å². The lowest BCUT2D eigenvalue weighted by molar-refractivity contribution is 0.103. The molecular formula is C27H25NO3. The van der Waals surface area contributed by atoms with Gasteiger partial charge in [-0.25, -0.2) is 0 Å². The Hall–Kier alpha value is -3.37. The third-order valence-corrected chi connectivity index (χ3v) is 6.12. The maximum Gasteiger partial charge on any atom is 0.201 e. The number of phenols is 1. The van der Waals surface area contributed by atoms with Crippen LogP contribution < -0.4 is 4.74 Å². The fraction of sp³-hybridized carbons (Fsp3) is 0.222. The quantitative estimate of drug-likeness (QED) is 0.431. The van der Waals surface area contributed by atoms with Crippen molar-refractivity contribution in [3.05, 3.63) is 83.9 Å². The molecular weight excluding hydrogens is 386 g/mol. The topological polar surface area (TPSA) is 49.8 Å². The number of phenolic OH excluding ortho intramolecular Hbond substituents is 1. The Balaban J connectivity index is 1.59. The van der Waals surface area contributed by atoms with Gasteiger partial charge in [-0.05, 0) is 59.6 Å². The largest absolute Gasteiger partial charge is 0.507 e. The molecule has 31 heavy (non-hydrogen) atoms. The summed E-state index contributed by atoms with van der Waals surface area (Å²) in [6.07, 6.45) is 2.47. The molecule has 4 nitrogen and oxygen atoms in total. The summed E-state index contributed by atoms with van der Waals surface area (Å²) in [6, 6.07) is 22.7. The van der Waals surface area contributed by atoms with Gasteiger partial charge in [0.25, 0.3) is 0 Å². The summed E-state index contributed by atoms with van der Waals surface area (Å²) in [4.78, 5) is 16.3. The van der Waals surface area contributed by atoms with Gasteiger partial charge in [-0.15, -0.1) is 0 Å². The number of likely N-dealkylation sites (tertiary alicyclic amines) is 1. The van der Waals surface area contributed by atoms with Crippen molar-refractivity contribution in [2.24, 2.45) is 0 Å². The molecule has 0 saturated carbocycles. The van der Waals surface area contributed by atoms with E-state index >= 15 is 0 Å². The first-order valence-electron chi connectivity index (χ1n) is 10.8. The molecule has 0 bridgehead atoms. The van der Waals surface area contributed by atoms with E-state index in [1.807, 2.05) is 66.7 Å². The van der Waals surface area contributed by atoms with Gasteiger partial charge in [0.15, 0.2) is 0 Å². The highest BCUT2D eigenvalue weighted by Crippen LogP contribution is 2.35. The molecule has 0 aliphatic carbocycles. The van der Waals surface area contributed by atoms with Crippen LogP contribution in [0.15, 0.2) is 72.8 Å². The van der Waals surface area contributed by atoms with Gasteiger partial charge >= 0.3 is 0 Å². The second-order valence-corrected chi connectivity index (χ2v) is 8.07. The minimum absolute atomic E-state index is 0.0142. The molecule has 1 fully saturated rings. The standard InChI is InChI=1S/C27H25NO3/c29-23-13-11-19-7-1-3-9-21(19)25(23)27(30)26-22-10-4-2-8-20(22)12-14-24(26)31-18-17-28-15-5-6-16-28/h1-4,7-14,29H,5-6,15-18H2. The normalized spacial score (nSPS) is 14.3. The van der Waals surface area contributed by atoms with Crippen LogP contribution >= 0.6 is 0 Å². The lowest BCUT2D eigenvalue weighted by Crippen LogP contribution is -2.25. The average Bonchev–Trinajstić information content (AvgIpc) is 3.32. The van der Waals surface area contributed by atoms with Crippen molar-refractivity contribution in [2.45, 2.75) is 12.8 Å². The molecule has 5 rings (SSSR count). The Morgan fingerprint density at radius 1 is 0.806 bits per heavy atom. The van der Waals surface area contributed by atoms with Crippen molar-refractivity contribution < 1.29 is 14.6 Å². The maximum atomic E-state index is 13.9. The molecule has 4 aromatic carbocycles. The zero-order valence-electron chi connectivity index (χ0n) is 17.4. The van der Waals surface area contributed by atoms with Gasteiger partial charge < -0.3 is 9.84 Å². The van der Waals surface area contributed by atoms with E-state index in [9.17, 15) is 9.90 Å². The van der Waals surface area contributed by atoms with E-state index in [0.717, 1.165) is 41.2 Å². The minimum atomic E-state index is -0.220. The van der Waals surface area contributed by atoms with Gasteiger partial charge in [-0.3, -0.25) is 9.69 Å². The van der Waals surface area contributed by atoms with E-state index in [2.05, 4.69) is 4.90 Å². The van der Waals surface area contributed by atoms with Gasteiger partial charge in [-0.2, -0.15) is 0 Å². The van der Waals surface area contributed by atoms with Crippen LogP contribution in [-0.2, 0) is 0 Å². The van der Waals surface area contributed by atoms with Crippen molar-refractivity contribution in [1.29, 1.82) is 0 Å². The van der Waals surface area contributed by atoms with Crippen molar-refractivity contribution in [2.75, 3.05) is 26.2 Å². The van der Waals surface area contributed by atoms with Crippen molar-refractivity contribution in [3.8, 4) is 11.5 Å². The highest BCUT2D eigenvalue weighted by Gasteiger charge is 2.23. The molecule has 1 aliphatic heterocycles. The van der Waals surface area contributed by atoms with Crippen LogP contribution in [0.3, 0.4) is 0 Å². The van der Waals surface area contributed by atoms with Gasteiger partial charge in [-0.1, -0.05) is 60.7 Å². The number of ketones is 1. The Kier molecular flexibility index (Phi) is 5.31. The number of hydrogen-bond acceptors (Lipinski definition) is 4. The molecule has 1 aliphatic rings. The van der Waals surface area contributed by atoms with E-state index in [4.69, 9.17) is 4.74 Å². The monoisotopic (exact) mass is 411 g/mol. The van der Waals surface area contributed by atoms with Gasteiger partial charge in [0.05, 0.1) is 11.1 Å². The Morgan fingerprint density at radius 3 is 2.13 bits per heavy atom. The molecule has 1 heterocycles. The first-order chi connectivity index (χ1) is 15.2. The number of fused-ring (bicyclic) bond motifs is 2. The molecule has 4 heteroatoms. The summed E-state index contributed by atoms with van der Waals surface area (Å²) in [6.45, 7) is 3.59. The number of carbonyl (C=O) groups excluding carboxylic acids is 1. The highest BCUT2D eigenvalue weighted by molar-refractivity contribution is 6.24. The van der Waals surface area contributed by atoms with Crippen LogP contribution in [-0.4, -0.2) is 42.0 Å². The van der Waals surface area contributed by atoms with E-state index in [0.29, 0.717) is 23.5 Å². The third-order valence-electron chi connectivity index (χ3n) is 6.12. The first kappa shape index (κ1) is 19.6. The van der Waals surface area contributed by atoms with E-state index in [1.54, 1.807) is 6.07 Å². The van der Waals surface area contributed by atoms with Crippen LogP contribution in [0.25, 0.3) is 21.5 Å². The van der Waals surface area contributed by atoms with Crippen LogP contribution in [0, 0.1) is 0 Å². The van der Waals surface area contributed by atoms with Crippen molar-refractivity contribution >= 4 is 27.3 Å². The molecule has 4 aromatic rings. The van der Waals surface area contributed by atoms with Crippen LogP contribution in [0.4, 0.5) is 0 Å². The Labute approximate surface area is 181 Å². The average molecular weight is 412 g/mol. The molecule has 0 spiro atoms. The Bertz CT molecular complexity index is 1260. The van der Waals surface area contributed by atoms with Crippen molar-refractivity contribution in [3.63, 3.8) is 0 Å². The molecule has 1 N–H and O–H groups in total. The summed E-state index contributed by atoms with van der Waals surface area (Å²) in [5.74, 6) is 0.331. The van der Waals surface area contributed by atoms with E-state index in [-0.39, 0.29) is 11.5 Å². The molecule has 0 amide bonds. The number of carbonyl (C=O) groups is 1. The summed E-state index contributed by atoms with van der Waals surface area (Å²) < 4.78 is 6.16. The number of ether oxygens (including phenoxy) is 1.